The summed E-state index contributed by atoms with van der Waals surface area (Å²) >= 11 is 0. The summed E-state index contributed by atoms with van der Waals surface area (Å²) in [5.41, 5.74) is -0.977. The van der Waals surface area contributed by atoms with Gasteiger partial charge in [-0.05, 0) is 74.0 Å². The lowest BCUT2D eigenvalue weighted by Gasteiger charge is -2.71. The van der Waals surface area contributed by atoms with Crippen LogP contribution in [-0.2, 0) is 28.6 Å². The number of aliphatic hydroxyl groups is 1. The Balaban J connectivity index is 1.62. The van der Waals surface area contributed by atoms with Crippen molar-refractivity contribution in [1.29, 1.82) is 0 Å². The molecular formula is C30H46O7. The third-order valence-corrected chi connectivity index (χ3v) is 12.2. The van der Waals surface area contributed by atoms with Crippen molar-refractivity contribution in [2.45, 2.75) is 112 Å². The number of cyclic esters (lactones) is 1. The van der Waals surface area contributed by atoms with Gasteiger partial charge >= 0.3 is 17.9 Å². The molecule has 1 heterocycles. The van der Waals surface area contributed by atoms with Crippen molar-refractivity contribution >= 4 is 17.9 Å². The number of aliphatic hydroxyl groups excluding tert-OH is 1. The van der Waals surface area contributed by atoms with Gasteiger partial charge in [0.2, 0.25) is 0 Å². The highest BCUT2D eigenvalue weighted by molar-refractivity contribution is 5.77. The summed E-state index contributed by atoms with van der Waals surface area (Å²) in [4.78, 5) is 37.6. The number of hydrogen-bond acceptors (Lipinski definition) is 7. The van der Waals surface area contributed by atoms with Crippen molar-refractivity contribution in [3.05, 3.63) is 0 Å². The van der Waals surface area contributed by atoms with E-state index < -0.39 is 23.5 Å². The Kier molecular flexibility index (Phi) is 6.33. The van der Waals surface area contributed by atoms with Crippen LogP contribution >= 0.6 is 0 Å². The first-order chi connectivity index (χ1) is 17.2. The van der Waals surface area contributed by atoms with Gasteiger partial charge in [0.05, 0.1) is 18.6 Å². The lowest BCUT2D eigenvalue weighted by molar-refractivity contribution is -0.269. The van der Waals surface area contributed by atoms with Crippen LogP contribution < -0.4 is 0 Å². The summed E-state index contributed by atoms with van der Waals surface area (Å²) in [7, 11) is 0. The average Bonchev–Trinajstić information content (AvgIpc) is 3.10. The molecular weight excluding hydrogens is 472 g/mol. The zero-order chi connectivity index (χ0) is 27.1. The van der Waals surface area contributed by atoms with Crippen molar-refractivity contribution in [3.63, 3.8) is 0 Å². The van der Waals surface area contributed by atoms with Gasteiger partial charge in [0.25, 0.3) is 0 Å². The second-order valence-corrected chi connectivity index (χ2v) is 14.3. The number of carbonyl (C=O) groups excluding carboxylic acids is 3. The fraction of sp³-hybridized carbons (Fsp3) is 0.900. The maximum absolute atomic E-state index is 13.3. The third kappa shape index (κ3) is 3.72. The molecule has 37 heavy (non-hydrogen) atoms. The molecule has 0 aromatic rings. The third-order valence-electron chi connectivity index (χ3n) is 12.2. The van der Waals surface area contributed by atoms with E-state index in [0.717, 1.165) is 32.1 Å². The monoisotopic (exact) mass is 518 g/mol. The van der Waals surface area contributed by atoms with Crippen LogP contribution in [0.3, 0.4) is 0 Å². The number of esters is 3. The molecule has 0 radical (unpaired) electrons. The lowest BCUT2D eigenvalue weighted by Crippen LogP contribution is -2.70. The zero-order valence-corrected chi connectivity index (χ0v) is 23.7. The molecule has 11 atom stereocenters. The van der Waals surface area contributed by atoms with Crippen LogP contribution in [-0.4, -0.2) is 47.9 Å². The second-order valence-electron chi connectivity index (χ2n) is 14.3. The molecule has 208 valence electrons. The van der Waals surface area contributed by atoms with Crippen LogP contribution in [0.25, 0.3) is 0 Å². The molecule has 0 bridgehead atoms. The molecule has 7 heteroatoms. The SMILES string of the molecule is CC(=O)OC[C@]12CCCC(C)(C)[C@@H]1CC[C@]1(C)[C@@H]2C[C@@H](O)[C@]2(C)[C@H]3C(=O)O[C@@H](C)[C@@H]3[C@@H](OC(C)=O)C[C@@H]12. The van der Waals surface area contributed by atoms with Crippen molar-refractivity contribution < 1.29 is 33.7 Å². The van der Waals surface area contributed by atoms with Gasteiger partial charge < -0.3 is 19.3 Å². The lowest BCUT2D eigenvalue weighted by atomic mass is 9.33. The Morgan fingerprint density at radius 2 is 1.70 bits per heavy atom. The van der Waals surface area contributed by atoms with E-state index in [4.69, 9.17) is 14.2 Å². The van der Waals surface area contributed by atoms with Crippen molar-refractivity contribution in [2.75, 3.05) is 6.61 Å². The first-order valence-corrected chi connectivity index (χ1v) is 14.4. The fourth-order valence-electron chi connectivity index (χ4n) is 10.9. The molecule has 4 saturated carbocycles. The van der Waals surface area contributed by atoms with Crippen molar-refractivity contribution in [3.8, 4) is 0 Å². The first-order valence-electron chi connectivity index (χ1n) is 14.4. The molecule has 7 nitrogen and oxygen atoms in total. The fourth-order valence-corrected chi connectivity index (χ4v) is 10.9. The predicted octanol–water partition coefficient (Wildman–Crippen LogP) is 4.68. The number of hydrogen-bond donors (Lipinski definition) is 1. The van der Waals surface area contributed by atoms with E-state index in [1.54, 1.807) is 0 Å². The molecule has 5 aliphatic rings. The van der Waals surface area contributed by atoms with E-state index in [9.17, 15) is 19.5 Å². The Morgan fingerprint density at radius 1 is 1.00 bits per heavy atom. The average molecular weight is 519 g/mol. The molecule has 1 saturated heterocycles. The van der Waals surface area contributed by atoms with E-state index in [-0.39, 0.29) is 58.0 Å². The molecule has 1 N–H and O–H groups in total. The van der Waals surface area contributed by atoms with Crippen LogP contribution in [0.2, 0.25) is 0 Å². The summed E-state index contributed by atoms with van der Waals surface area (Å²) in [6.45, 7) is 14.3. The van der Waals surface area contributed by atoms with Crippen LogP contribution in [0.4, 0.5) is 0 Å². The molecule has 0 aromatic heterocycles. The van der Waals surface area contributed by atoms with Gasteiger partial charge in [0.1, 0.15) is 12.2 Å². The van der Waals surface area contributed by atoms with Crippen LogP contribution in [0.15, 0.2) is 0 Å². The van der Waals surface area contributed by atoms with Gasteiger partial charge in [-0.3, -0.25) is 14.4 Å². The molecule has 0 aromatic carbocycles. The van der Waals surface area contributed by atoms with Crippen LogP contribution in [0, 0.1) is 51.2 Å². The normalized spacial score (nSPS) is 50.0. The minimum Gasteiger partial charge on any atom is -0.465 e. The van der Waals surface area contributed by atoms with Gasteiger partial charge in [-0.1, -0.05) is 34.1 Å². The van der Waals surface area contributed by atoms with Gasteiger partial charge in [-0.25, -0.2) is 0 Å². The van der Waals surface area contributed by atoms with Crippen LogP contribution in [0.1, 0.15) is 93.4 Å². The highest BCUT2D eigenvalue weighted by Gasteiger charge is 2.74. The largest absolute Gasteiger partial charge is 0.465 e. The van der Waals surface area contributed by atoms with E-state index in [2.05, 4.69) is 27.7 Å². The Bertz CT molecular complexity index is 975. The Labute approximate surface area is 221 Å². The highest BCUT2D eigenvalue weighted by atomic mass is 16.6. The summed E-state index contributed by atoms with van der Waals surface area (Å²) in [5, 5.41) is 12.0. The predicted molar refractivity (Wildman–Crippen MR) is 136 cm³/mol. The Hall–Kier alpha value is -1.63. The molecule has 5 fully saturated rings. The summed E-state index contributed by atoms with van der Waals surface area (Å²) in [6, 6.07) is 0. The van der Waals surface area contributed by atoms with E-state index in [0.29, 0.717) is 25.4 Å². The highest BCUT2D eigenvalue weighted by Crippen LogP contribution is 2.74. The molecule has 4 aliphatic carbocycles. The number of carbonyl (C=O) groups is 3. The minimum atomic E-state index is -0.697. The maximum atomic E-state index is 13.3. The number of fused-ring (bicyclic) bond motifs is 7. The Morgan fingerprint density at radius 3 is 2.35 bits per heavy atom. The standard InChI is InChI=1S/C30H46O7/c1-16-24-19(37-18(3)32)13-21-28(6)12-9-20-27(4,5)10-8-11-30(20,15-35-17(2)31)22(28)14-23(33)29(21,7)25(24)26(34)36-16/h16,19-25,33H,8-15H2,1-7H3/t16-,19-,20-,21-,22-,23+,24+,25+,28-,29+,30+/m0/s1. The topological polar surface area (TPSA) is 99.1 Å². The molecule has 0 unspecified atom stereocenters. The van der Waals surface area contributed by atoms with E-state index in [1.807, 2.05) is 6.92 Å². The second kappa shape index (κ2) is 8.69. The summed E-state index contributed by atoms with van der Waals surface area (Å²) in [6.07, 6.45) is 4.92. The molecule has 5 rings (SSSR count). The van der Waals surface area contributed by atoms with Gasteiger partial charge in [-0.2, -0.15) is 0 Å². The van der Waals surface area contributed by atoms with Crippen molar-refractivity contribution in [1.82, 2.24) is 0 Å². The first kappa shape index (κ1) is 27.0. The van der Waals surface area contributed by atoms with Crippen molar-refractivity contribution in [2.24, 2.45) is 51.2 Å². The zero-order valence-electron chi connectivity index (χ0n) is 23.7. The summed E-state index contributed by atoms with van der Waals surface area (Å²) in [5.74, 6) is -1.16. The smallest absolute Gasteiger partial charge is 0.310 e. The maximum Gasteiger partial charge on any atom is 0.310 e. The number of ether oxygens (including phenoxy) is 3. The molecule has 0 amide bonds. The van der Waals surface area contributed by atoms with Gasteiger partial charge in [-0.15, -0.1) is 0 Å². The van der Waals surface area contributed by atoms with E-state index >= 15 is 0 Å². The van der Waals surface area contributed by atoms with Gasteiger partial charge in [0, 0.05) is 30.6 Å². The number of rotatable bonds is 3. The van der Waals surface area contributed by atoms with Crippen LogP contribution in [0.5, 0.6) is 0 Å². The minimum absolute atomic E-state index is 0.0302. The quantitative estimate of drug-likeness (QED) is 0.428. The van der Waals surface area contributed by atoms with E-state index in [1.165, 1.54) is 13.8 Å². The molecule has 1 aliphatic heterocycles. The summed E-state index contributed by atoms with van der Waals surface area (Å²) < 4.78 is 17.5. The molecule has 0 spiro atoms. The van der Waals surface area contributed by atoms with Gasteiger partial charge in [0.15, 0.2) is 0 Å².